The number of anilines is 2. The maximum absolute atomic E-state index is 6.01. The number of nitrogen functional groups attached to an aromatic ring is 1. The van der Waals surface area contributed by atoms with Crippen molar-refractivity contribution in [3.05, 3.63) is 5.82 Å². The van der Waals surface area contributed by atoms with Crippen LogP contribution in [0.3, 0.4) is 0 Å². The Morgan fingerprint density at radius 2 is 1.89 bits per heavy atom. The highest BCUT2D eigenvalue weighted by Gasteiger charge is 2.14. The normalized spacial score (nSPS) is 11.1. The van der Waals surface area contributed by atoms with Gasteiger partial charge in [0, 0.05) is 12.5 Å². The van der Waals surface area contributed by atoms with E-state index < -0.39 is 0 Å². The van der Waals surface area contributed by atoms with Gasteiger partial charge in [-0.1, -0.05) is 27.7 Å². The molecule has 1 aromatic heterocycles. The molecular weight excluding hydrogens is 228 g/mol. The van der Waals surface area contributed by atoms with Gasteiger partial charge in [0.15, 0.2) is 5.82 Å². The van der Waals surface area contributed by atoms with Crippen molar-refractivity contribution in [2.24, 2.45) is 5.92 Å². The fourth-order valence-electron chi connectivity index (χ4n) is 1.41. The summed E-state index contributed by atoms with van der Waals surface area (Å²) < 4.78 is 5.46. The highest BCUT2D eigenvalue weighted by Crippen LogP contribution is 2.28. The lowest BCUT2D eigenvalue weighted by atomic mass is 10.2. The Bertz CT molecular complexity index is 391. The number of hydrogen-bond donors (Lipinski definition) is 2. The molecule has 0 atom stereocenters. The van der Waals surface area contributed by atoms with Gasteiger partial charge >= 0.3 is 0 Å². The van der Waals surface area contributed by atoms with E-state index >= 15 is 0 Å². The lowest BCUT2D eigenvalue weighted by Crippen LogP contribution is -2.14. The number of nitrogens with zero attached hydrogens (tertiary/aromatic N) is 2. The third-order valence-electron chi connectivity index (χ3n) is 2.40. The monoisotopic (exact) mass is 252 g/mol. The van der Waals surface area contributed by atoms with Crippen molar-refractivity contribution in [2.45, 2.75) is 40.5 Å². The standard InChI is InChI=1S/C13H24N4O/c1-6-18-13-10(14)12(15-7-8(2)3)16-11(17-13)9(4)5/h8-9H,6-7,14H2,1-5H3,(H,15,16,17). The van der Waals surface area contributed by atoms with Gasteiger partial charge in [-0.15, -0.1) is 0 Å². The van der Waals surface area contributed by atoms with Crippen molar-refractivity contribution in [1.82, 2.24) is 9.97 Å². The summed E-state index contributed by atoms with van der Waals surface area (Å²) in [6.07, 6.45) is 0. The Morgan fingerprint density at radius 1 is 1.22 bits per heavy atom. The van der Waals surface area contributed by atoms with E-state index in [-0.39, 0.29) is 5.92 Å². The smallest absolute Gasteiger partial charge is 0.242 e. The molecule has 1 heterocycles. The summed E-state index contributed by atoms with van der Waals surface area (Å²) in [5, 5.41) is 3.25. The van der Waals surface area contributed by atoms with Gasteiger partial charge in [0.05, 0.1) is 6.61 Å². The van der Waals surface area contributed by atoms with E-state index in [1.165, 1.54) is 0 Å². The summed E-state index contributed by atoms with van der Waals surface area (Å²) >= 11 is 0. The second kappa shape index (κ2) is 6.42. The first-order chi connectivity index (χ1) is 8.45. The van der Waals surface area contributed by atoms with Crippen LogP contribution in [-0.4, -0.2) is 23.1 Å². The Kier molecular flexibility index (Phi) is 5.19. The SMILES string of the molecule is CCOc1nc(C(C)C)nc(NCC(C)C)c1N. The van der Waals surface area contributed by atoms with E-state index in [2.05, 4.69) is 29.1 Å². The molecule has 102 valence electrons. The minimum Gasteiger partial charge on any atom is -0.476 e. The summed E-state index contributed by atoms with van der Waals surface area (Å²) in [4.78, 5) is 8.81. The molecule has 18 heavy (non-hydrogen) atoms. The van der Waals surface area contributed by atoms with Crippen LogP contribution in [0.15, 0.2) is 0 Å². The summed E-state index contributed by atoms with van der Waals surface area (Å²) in [5.74, 6) is 2.66. The summed E-state index contributed by atoms with van der Waals surface area (Å²) in [6, 6.07) is 0. The second-order valence-electron chi connectivity index (χ2n) is 5.01. The number of rotatable bonds is 6. The molecule has 0 spiro atoms. The van der Waals surface area contributed by atoms with Gasteiger partial charge in [-0.2, -0.15) is 4.98 Å². The molecule has 0 unspecified atom stereocenters. The van der Waals surface area contributed by atoms with Crippen LogP contribution in [0.2, 0.25) is 0 Å². The quantitative estimate of drug-likeness (QED) is 0.814. The van der Waals surface area contributed by atoms with E-state index in [9.17, 15) is 0 Å². The second-order valence-corrected chi connectivity index (χ2v) is 5.01. The number of nitrogens with two attached hydrogens (primary N) is 1. The van der Waals surface area contributed by atoms with Crippen LogP contribution >= 0.6 is 0 Å². The topological polar surface area (TPSA) is 73.1 Å². The predicted molar refractivity (Wildman–Crippen MR) is 75.0 cm³/mol. The van der Waals surface area contributed by atoms with Gasteiger partial charge < -0.3 is 15.8 Å². The lowest BCUT2D eigenvalue weighted by Gasteiger charge is -2.15. The fraction of sp³-hybridized carbons (Fsp3) is 0.692. The fourth-order valence-corrected chi connectivity index (χ4v) is 1.41. The van der Waals surface area contributed by atoms with Crippen LogP contribution in [0.1, 0.15) is 46.4 Å². The third kappa shape index (κ3) is 3.75. The lowest BCUT2D eigenvalue weighted by molar-refractivity contribution is 0.326. The van der Waals surface area contributed by atoms with Crippen LogP contribution in [-0.2, 0) is 0 Å². The molecule has 1 aromatic rings. The zero-order valence-corrected chi connectivity index (χ0v) is 11.9. The largest absolute Gasteiger partial charge is 0.476 e. The number of ether oxygens (including phenoxy) is 1. The van der Waals surface area contributed by atoms with Crippen LogP contribution in [0.25, 0.3) is 0 Å². The van der Waals surface area contributed by atoms with Gasteiger partial charge in [0.2, 0.25) is 5.88 Å². The molecule has 0 aliphatic carbocycles. The van der Waals surface area contributed by atoms with Crippen molar-refractivity contribution in [1.29, 1.82) is 0 Å². The molecule has 5 nitrogen and oxygen atoms in total. The van der Waals surface area contributed by atoms with Crippen LogP contribution in [0, 0.1) is 5.92 Å². The molecule has 0 aromatic carbocycles. The van der Waals surface area contributed by atoms with E-state index in [1.807, 2.05) is 20.8 Å². The summed E-state index contributed by atoms with van der Waals surface area (Å²) in [5.41, 5.74) is 6.50. The van der Waals surface area contributed by atoms with Crippen LogP contribution in [0.5, 0.6) is 5.88 Å². The Morgan fingerprint density at radius 3 is 2.39 bits per heavy atom. The van der Waals surface area contributed by atoms with Gasteiger partial charge in [0.1, 0.15) is 11.5 Å². The summed E-state index contributed by atoms with van der Waals surface area (Å²) in [7, 11) is 0. The molecule has 0 saturated heterocycles. The number of aromatic nitrogens is 2. The maximum atomic E-state index is 6.01. The summed E-state index contributed by atoms with van der Waals surface area (Å²) in [6.45, 7) is 11.7. The molecule has 5 heteroatoms. The first-order valence-corrected chi connectivity index (χ1v) is 6.49. The van der Waals surface area contributed by atoms with Crippen LogP contribution in [0.4, 0.5) is 11.5 Å². The van der Waals surface area contributed by atoms with Gasteiger partial charge in [-0.05, 0) is 12.8 Å². The van der Waals surface area contributed by atoms with E-state index in [4.69, 9.17) is 10.5 Å². The van der Waals surface area contributed by atoms with E-state index in [0.29, 0.717) is 29.9 Å². The maximum Gasteiger partial charge on any atom is 0.242 e. The molecule has 0 saturated carbocycles. The van der Waals surface area contributed by atoms with Crippen molar-refractivity contribution < 1.29 is 4.74 Å². The van der Waals surface area contributed by atoms with Crippen molar-refractivity contribution >= 4 is 11.5 Å². The zero-order valence-electron chi connectivity index (χ0n) is 11.9. The average Bonchev–Trinajstić information content (AvgIpc) is 2.29. The van der Waals surface area contributed by atoms with Crippen molar-refractivity contribution in [3.63, 3.8) is 0 Å². The third-order valence-corrected chi connectivity index (χ3v) is 2.40. The van der Waals surface area contributed by atoms with Crippen molar-refractivity contribution in [3.8, 4) is 5.88 Å². The highest BCUT2D eigenvalue weighted by molar-refractivity contribution is 5.67. The molecular formula is C13H24N4O. The Hall–Kier alpha value is -1.52. The van der Waals surface area contributed by atoms with E-state index in [0.717, 1.165) is 12.4 Å². The minimum absolute atomic E-state index is 0.240. The first-order valence-electron chi connectivity index (χ1n) is 6.49. The minimum atomic E-state index is 0.240. The molecule has 0 bridgehead atoms. The molecule has 0 fully saturated rings. The van der Waals surface area contributed by atoms with Crippen molar-refractivity contribution in [2.75, 3.05) is 24.2 Å². The number of nitrogens with one attached hydrogen (secondary N) is 1. The number of hydrogen-bond acceptors (Lipinski definition) is 5. The zero-order chi connectivity index (χ0) is 13.7. The molecule has 1 rings (SSSR count). The first kappa shape index (κ1) is 14.5. The van der Waals surface area contributed by atoms with Gasteiger partial charge in [-0.25, -0.2) is 4.98 Å². The average molecular weight is 252 g/mol. The molecule has 0 amide bonds. The van der Waals surface area contributed by atoms with Crippen LogP contribution < -0.4 is 15.8 Å². The molecule has 3 N–H and O–H groups in total. The molecule has 0 radical (unpaired) electrons. The molecule has 0 aliphatic heterocycles. The van der Waals surface area contributed by atoms with Gasteiger partial charge in [0.25, 0.3) is 0 Å². The Balaban J connectivity index is 3.05. The van der Waals surface area contributed by atoms with E-state index in [1.54, 1.807) is 0 Å². The molecule has 0 aliphatic rings. The Labute approximate surface area is 109 Å². The predicted octanol–water partition coefficient (Wildman–Crippen LogP) is 2.65. The highest BCUT2D eigenvalue weighted by atomic mass is 16.5. The van der Waals surface area contributed by atoms with Gasteiger partial charge in [-0.3, -0.25) is 0 Å².